The third kappa shape index (κ3) is 1.20. The van der Waals surface area contributed by atoms with E-state index >= 15 is 0 Å². The molecule has 14 heavy (non-hydrogen) atoms. The molecule has 0 unspecified atom stereocenters. The van der Waals surface area contributed by atoms with Crippen molar-refractivity contribution in [1.82, 2.24) is 9.97 Å². The minimum atomic E-state index is -0.138. The van der Waals surface area contributed by atoms with E-state index in [-0.39, 0.29) is 5.82 Å². The second kappa shape index (κ2) is 3.08. The Kier molecular flexibility index (Phi) is 2.02. The molecule has 0 bridgehead atoms. The lowest BCUT2D eigenvalue weighted by Gasteiger charge is -2.03. The third-order valence-electron chi connectivity index (χ3n) is 2.48. The van der Waals surface area contributed by atoms with Crippen LogP contribution in [-0.4, -0.2) is 9.97 Å². The first-order valence-corrected chi connectivity index (χ1v) is 4.77. The van der Waals surface area contributed by atoms with Crippen LogP contribution in [0, 0.1) is 19.7 Å². The van der Waals surface area contributed by atoms with E-state index in [2.05, 4.69) is 9.97 Å². The SMILES string of the molecule is CCc1c(F)cc(C)c2nc(C)[nH]c12. The summed E-state index contributed by atoms with van der Waals surface area (Å²) < 4.78 is 13.5. The van der Waals surface area contributed by atoms with Gasteiger partial charge in [0.05, 0.1) is 11.0 Å². The monoisotopic (exact) mass is 192 g/mol. The van der Waals surface area contributed by atoms with Crippen molar-refractivity contribution < 1.29 is 4.39 Å². The molecule has 74 valence electrons. The number of fused-ring (bicyclic) bond motifs is 1. The molecule has 0 atom stereocenters. The number of H-pyrrole nitrogens is 1. The van der Waals surface area contributed by atoms with Crippen molar-refractivity contribution in [3.63, 3.8) is 0 Å². The zero-order valence-electron chi connectivity index (χ0n) is 8.61. The molecule has 0 amide bonds. The number of halogens is 1. The number of nitrogens with zero attached hydrogens (tertiary/aromatic N) is 1. The van der Waals surface area contributed by atoms with Crippen molar-refractivity contribution in [3.05, 3.63) is 28.8 Å². The highest BCUT2D eigenvalue weighted by Gasteiger charge is 2.11. The summed E-state index contributed by atoms with van der Waals surface area (Å²) in [4.78, 5) is 7.45. The molecule has 3 heteroatoms. The van der Waals surface area contributed by atoms with Gasteiger partial charge in [-0.1, -0.05) is 6.92 Å². The van der Waals surface area contributed by atoms with Gasteiger partial charge in [0.2, 0.25) is 0 Å². The maximum absolute atomic E-state index is 13.5. The minimum absolute atomic E-state index is 0.138. The molecule has 1 aromatic carbocycles. The van der Waals surface area contributed by atoms with E-state index in [4.69, 9.17) is 0 Å². The van der Waals surface area contributed by atoms with Crippen LogP contribution in [0.2, 0.25) is 0 Å². The molecule has 0 radical (unpaired) electrons. The van der Waals surface area contributed by atoms with Crippen LogP contribution in [0.25, 0.3) is 11.0 Å². The molecule has 2 nitrogen and oxygen atoms in total. The predicted octanol–water partition coefficient (Wildman–Crippen LogP) is 2.88. The van der Waals surface area contributed by atoms with Crippen molar-refractivity contribution in [3.8, 4) is 0 Å². The first-order chi connectivity index (χ1) is 6.63. The van der Waals surface area contributed by atoms with E-state index in [0.29, 0.717) is 6.42 Å². The number of imidazole rings is 1. The van der Waals surface area contributed by atoms with E-state index in [1.54, 1.807) is 6.07 Å². The first-order valence-electron chi connectivity index (χ1n) is 4.77. The van der Waals surface area contributed by atoms with Crippen LogP contribution in [0.5, 0.6) is 0 Å². The van der Waals surface area contributed by atoms with Crippen molar-refractivity contribution in [1.29, 1.82) is 0 Å². The number of aromatic amines is 1. The van der Waals surface area contributed by atoms with Gasteiger partial charge in [0.25, 0.3) is 0 Å². The Hall–Kier alpha value is -1.38. The molecule has 0 saturated carbocycles. The van der Waals surface area contributed by atoms with E-state index < -0.39 is 0 Å². The highest BCUT2D eigenvalue weighted by molar-refractivity contribution is 5.82. The van der Waals surface area contributed by atoms with Gasteiger partial charge in [-0.2, -0.15) is 0 Å². The fraction of sp³-hybridized carbons (Fsp3) is 0.364. The lowest BCUT2D eigenvalue weighted by atomic mass is 10.1. The van der Waals surface area contributed by atoms with Gasteiger partial charge >= 0.3 is 0 Å². The molecule has 2 aromatic rings. The molecule has 1 heterocycles. The van der Waals surface area contributed by atoms with Crippen LogP contribution >= 0.6 is 0 Å². The molecule has 2 rings (SSSR count). The summed E-state index contributed by atoms with van der Waals surface area (Å²) in [7, 11) is 0. The van der Waals surface area contributed by atoms with Crippen molar-refractivity contribution in [2.45, 2.75) is 27.2 Å². The number of hydrogen-bond donors (Lipinski definition) is 1. The second-order valence-corrected chi connectivity index (χ2v) is 3.55. The number of aryl methyl sites for hydroxylation is 3. The quantitative estimate of drug-likeness (QED) is 0.739. The molecular formula is C11H13FN2. The van der Waals surface area contributed by atoms with Crippen LogP contribution in [0.15, 0.2) is 6.07 Å². The number of rotatable bonds is 1. The van der Waals surface area contributed by atoms with Crippen LogP contribution in [-0.2, 0) is 6.42 Å². The van der Waals surface area contributed by atoms with Gasteiger partial charge in [0.1, 0.15) is 11.6 Å². The predicted molar refractivity (Wildman–Crippen MR) is 54.9 cm³/mol. The smallest absolute Gasteiger partial charge is 0.128 e. The van der Waals surface area contributed by atoms with Gasteiger partial charge in [0, 0.05) is 5.56 Å². The first kappa shape index (κ1) is 9.19. The Morgan fingerprint density at radius 1 is 1.43 bits per heavy atom. The number of nitrogens with one attached hydrogen (secondary N) is 1. The van der Waals surface area contributed by atoms with Crippen LogP contribution in [0.1, 0.15) is 23.9 Å². The summed E-state index contributed by atoms with van der Waals surface area (Å²) in [5.74, 6) is 0.699. The summed E-state index contributed by atoms with van der Waals surface area (Å²) in [6.45, 7) is 5.71. The molecule has 0 aliphatic carbocycles. The standard InChI is InChI=1S/C11H13FN2/c1-4-8-9(12)5-6(2)10-11(8)14-7(3)13-10/h5H,4H2,1-3H3,(H,13,14). The van der Waals surface area contributed by atoms with E-state index in [1.165, 1.54) is 0 Å². The Morgan fingerprint density at radius 2 is 2.14 bits per heavy atom. The zero-order chi connectivity index (χ0) is 10.3. The Labute approximate surface area is 82.2 Å². The van der Waals surface area contributed by atoms with E-state index in [1.807, 2.05) is 20.8 Å². The fourth-order valence-electron chi connectivity index (χ4n) is 1.81. The van der Waals surface area contributed by atoms with Crippen LogP contribution in [0.3, 0.4) is 0 Å². The van der Waals surface area contributed by atoms with Gasteiger partial charge in [0.15, 0.2) is 0 Å². The van der Waals surface area contributed by atoms with Crippen molar-refractivity contribution in [2.75, 3.05) is 0 Å². The normalized spacial score (nSPS) is 11.1. The third-order valence-corrected chi connectivity index (χ3v) is 2.48. The highest BCUT2D eigenvalue weighted by Crippen LogP contribution is 2.23. The Bertz CT molecular complexity index is 485. The van der Waals surface area contributed by atoms with Gasteiger partial charge in [-0.25, -0.2) is 9.37 Å². The Balaban J connectivity index is 2.89. The fourth-order valence-corrected chi connectivity index (χ4v) is 1.81. The van der Waals surface area contributed by atoms with Crippen LogP contribution < -0.4 is 0 Å². The summed E-state index contributed by atoms with van der Waals surface area (Å²) >= 11 is 0. The zero-order valence-corrected chi connectivity index (χ0v) is 8.61. The minimum Gasteiger partial charge on any atom is -0.342 e. The molecule has 0 aliphatic heterocycles. The molecule has 1 aromatic heterocycles. The average molecular weight is 192 g/mol. The lowest BCUT2D eigenvalue weighted by Crippen LogP contribution is -1.92. The van der Waals surface area contributed by atoms with E-state index in [9.17, 15) is 4.39 Å². The molecule has 0 aliphatic rings. The van der Waals surface area contributed by atoms with Gasteiger partial charge in [-0.3, -0.25) is 0 Å². The second-order valence-electron chi connectivity index (χ2n) is 3.55. The maximum Gasteiger partial charge on any atom is 0.128 e. The van der Waals surface area contributed by atoms with Gasteiger partial charge in [-0.05, 0) is 31.9 Å². The topological polar surface area (TPSA) is 28.7 Å². The van der Waals surface area contributed by atoms with Crippen LogP contribution in [0.4, 0.5) is 4.39 Å². The molecular weight excluding hydrogens is 179 g/mol. The largest absolute Gasteiger partial charge is 0.342 e. The van der Waals surface area contributed by atoms with Crippen molar-refractivity contribution >= 4 is 11.0 Å². The van der Waals surface area contributed by atoms with Gasteiger partial charge < -0.3 is 4.98 Å². The van der Waals surface area contributed by atoms with Crippen molar-refractivity contribution in [2.24, 2.45) is 0 Å². The molecule has 0 saturated heterocycles. The number of hydrogen-bond acceptors (Lipinski definition) is 1. The summed E-state index contributed by atoms with van der Waals surface area (Å²) in [6.07, 6.45) is 0.685. The highest BCUT2D eigenvalue weighted by atomic mass is 19.1. The lowest BCUT2D eigenvalue weighted by molar-refractivity contribution is 0.613. The summed E-state index contributed by atoms with van der Waals surface area (Å²) in [6, 6.07) is 1.56. The van der Waals surface area contributed by atoms with E-state index in [0.717, 1.165) is 28.0 Å². The maximum atomic E-state index is 13.5. The molecule has 1 N–H and O–H groups in total. The Morgan fingerprint density at radius 3 is 2.79 bits per heavy atom. The summed E-state index contributed by atoms with van der Waals surface area (Å²) in [5, 5.41) is 0. The molecule has 0 fully saturated rings. The average Bonchev–Trinajstić information content (AvgIpc) is 2.48. The summed E-state index contributed by atoms with van der Waals surface area (Å²) in [5.41, 5.74) is 3.36. The number of aromatic nitrogens is 2. The van der Waals surface area contributed by atoms with Gasteiger partial charge in [-0.15, -0.1) is 0 Å². The number of benzene rings is 1. The molecule has 0 spiro atoms.